The van der Waals surface area contributed by atoms with Crippen LogP contribution in [-0.2, 0) is 24.4 Å². The van der Waals surface area contributed by atoms with Crippen LogP contribution in [0.5, 0.6) is 0 Å². The minimum Gasteiger partial charge on any atom is -0.463 e. The number of unbranched alkanes of at least 4 members (excludes halogenated alkanes) is 1. The number of carbonyl (C=O) groups is 2. The predicted octanol–water partition coefficient (Wildman–Crippen LogP) is 3.55. The number of esters is 1. The van der Waals surface area contributed by atoms with E-state index >= 15 is 0 Å². The maximum atomic E-state index is 11.4. The van der Waals surface area contributed by atoms with Crippen molar-refractivity contribution in [3.05, 3.63) is 67.3 Å². The molecule has 0 aromatic heterocycles. The molecule has 0 fully saturated rings. The van der Waals surface area contributed by atoms with Gasteiger partial charge in [0.15, 0.2) is 0 Å². The predicted molar refractivity (Wildman–Crippen MR) is 119 cm³/mol. The highest BCUT2D eigenvalue weighted by Gasteiger charge is 2.30. The van der Waals surface area contributed by atoms with Crippen molar-refractivity contribution in [3.63, 3.8) is 0 Å². The van der Waals surface area contributed by atoms with Crippen molar-refractivity contribution in [2.75, 3.05) is 12.4 Å². The molecule has 0 heterocycles. The van der Waals surface area contributed by atoms with Gasteiger partial charge < -0.3 is 10.1 Å². The van der Waals surface area contributed by atoms with Crippen molar-refractivity contribution < 1.29 is 27.3 Å². The van der Waals surface area contributed by atoms with Gasteiger partial charge in [0.25, 0.3) is 10.1 Å². The standard InChI is InChI=1S/C15H19NO4S.C7H12O2/c1-3-14(17)16-15(2,12-21(18,19)20)11-7-10-13-8-5-4-6-9-13;1-3-5-6-9-7(8)4-2/h3-10H,1,11-12H2,2H3,(H,16,17)(H,18,19,20);4H,2-3,5-6H2,1H3. The van der Waals surface area contributed by atoms with E-state index < -0.39 is 27.3 Å². The summed E-state index contributed by atoms with van der Waals surface area (Å²) in [5, 5.41) is 2.54. The van der Waals surface area contributed by atoms with Crippen LogP contribution in [0.3, 0.4) is 0 Å². The average Bonchev–Trinajstić information content (AvgIpc) is 2.67. The van der Waals surface area contributed by atoms with Gasteiger partial charge in [0.05, 0.1) is 17.9 Å². The van der Waals surface area contributed by atoms with E-state index in [0.29, 0.717) is 6.61 Å². The molecule has 0 saturated carbocycles. The Morgan fingerprint density at radius 1 is 1.20 bits per heavy atom. The Hall–Kier alpha value is -2.71. The van der Waals surface area contributed by atoms with E-state index in [9.17, 15) is 18.0 Å². The SMILES string of the molecule is C=CC(=O)NC(C)(CC=Cc1ccccc1)CS(=O)(=O)O.C=CC(=O)OCCCC. The summed E-state index contributed by atoms with van der Waals surface area (Å²) in [5.74, 6) is -1.39. The molecule has 1 atom stereocenters. The van der Waals surface area contributed by atoms with Gasteiger partial charge in [-0.05, 0) is 31.4 Å². The molecule has 166 valence electrons. The summed E-state index contributed by atoms with van der Waals surface area (Å²) in [7, 11) is -4.21. The van der Waals surface area contributed by atoms with E-state index in [-0.39, 0.29) is 12.4 Å². The minimum atomic E-state index is -4.21. The molecule has 0 bridgehead atoms. The minimum absolute atomic E-state index is 0.251. The van der Waals surface area contributed by atoms with Gasteiger partial charge in [-0.25, -0.2) is 4.79 Å². The molecule has 7 nitrogen and oxygen atoms in total. The Morgan fingerprint density at radius 2 is 1.83 bits per heavy atom. The highest BCUT2D eigenvalue weighted by molar-refractivity contribution is 7.85. The summed E-state index contributed by atoms with van der Waals surface area (Å²) in [6.07, 6.45) is 8.04. The van der Waals surface area contributed by atoms with Gasteiger partial charge >= 0.3 is 5.97 Å². The van der Waals surface area contributed by atoms with Gasteiger partial charge in [-0.15, -0.1) is 0 Å². The normalized spacial score (nSPS) is 12.8. The molecule has 1 aromatic rings. The van der Waals surface area contributed by atoms with Gasteiger partial charge in [-0.2, -0.15) is 8.42 Å². The van der Waals surface area contributed by atoms with E-state index in [1.54, 1.807) is 13.0 Å². The van der Waals surface area contributed by atoms with Gasteiger partial charge in [0.1, 0.15) is 0 Å². The highest BCUT2D eigenvalue weighted by atomic mass is 32.2. The first-order valence-corrected chi connectivity index (χ1v) is 11.1. The van der Waals surface area contributed by atoms with Crippen LogP contribution in [0.4, 0.5) is 0 Å². The molecule has 0 aliphatic heterocycles. The van der Waals surface area contributed by atoms with E-state index in [2.05, 4.69) is 23.2 Å². The molecule has 30 heavy (non-hydrogen) atoms. The van der Waals surface area contributed by atoms with E-state index in [1.807, 2.05) is 43.3 Å². The van der Waals surface area contributed by atoms with Crippen molar-refractivity contribution in [2.45, 2.75) is 38.6 Å². The third-order valence-corrected chi connectivity index (χ3v) is 4.70. The number of carbonyl (C=O) groups excluding carboxylic acids is 2. The van der Waals surface area contributed by atoms with Crippen molar-refractivity contribution in [1.82, 2.24) is 5.32 Å². The fraction of sp³-hybridized carbons (Fsp3) is 0.364. The van der Waals surface area contributed by atoms with Gasteiger partial charge in [-0.3, -0.25) is 9.35 Å². The summed E-state index contributed by atoms with van der Waals surface area (Å²) in [6.45, 7) is 10.7. The molecule has 0 radical (unpaired) electrons. The lowest BCUT2D eigenvalue weighted by atomic mass is 9.99. The monoisotopic (exact) mass is 437 g/mol. The lowest BCUT2D eigenvalue weighted by Gasteiger charge is -2.27. The summed E-state index contributed by atoms with van der Waals surface area (Å²) < 4.78 is 35.9. The molecule has 1 unspecified atom stereocenters. The first kappa shape index (κ1) is 27.3. The molecule has 1 rings (SSSR count). The smallest absolute Gasteiger partial charge is 0.330 e. The van der Waals surface area contributed by atoms with Crippen molar-refractivity contribution >= 4 is 28.1 Å². The van der Waals surface area contributed by atoms with E-state index in [1.165, 1.54) is 6.08 Å². The Balaban J connectivity index is 0.000000787. The maximum absolute atomic E-state index is 11.4. The second-order valence-corrected chi connectivity index (χ2v) is 8.18. The molecule has 2 N–H and O–H groups in total. The zero-order chi connectivity index (χ0) is 23.0. The summed E-state index contributed by atoms with van der Waals surface area (Å²) in [4.78, 5) is 21.8. The Labute approximate surface area is 179 Å². The summed E-state index contributed by atoms with van der Waals surface area (Å²) in [6, 6.07) is 9.47. The van der Waals surface area contributed by atoms with Gasteiger partial charge in [0, 0.05) is 6.08 Å². The van der Waals surface area contributed by atoms with Crippen molar-refractivity contribution in [3.8, 4) is 0 Å². The fourth-order valence-corrected chi connectivity index (χ4v) is 3.29. The molecule has 0 spiro atoms. The lowest BCUT2D eigenvalue weighted by Crippen LogP contribution is -2.49. The number of nitrogens with one attached hydrogen (secondary N) is 1. The molecule has 0 saturated heterocycles. The van der Waals surface area contributed by atoms with Crippen molar-refractivity contribution in [1.29, 1.82) is 0 Å². The molecule has 0 aliphatic rings. The van der Waals surface area contributed by atoms with Gasteiger partial charge in [-0.1, -0.05) is 69.0 Å². The Bertz CT molecular complexity index is 817. The lowest BCUT2D eigenvalue weighted by molar-refractivity contribution is -0.137. The number of amides is 1. The highest BCUT2D eigenvalue weighted by Crippen LogP contribution is 2.15. The third-order valence-electron chi connectivity index (χ3n) is 3.70. The van der Waals surface area contributed by atoms with Crippen LogP contribution in [0.15, 0.2) is 61.7 Å². The van der Waals surface area contributed by atoms with E-state index in [0.717, 1.165) is 24.5 Å². The van der Waals surface area contributed by atoms with Crippen molar-refractivity contribution in [2.24, 2.45) is 0 Å². The number of hydrogen-bond donors (Lipinski definition) is 2. The Kier molecular flexibility index (Phi) is 13.0. The van der Waals surface area contributed by atoms with Crippen LogP contribution in [0.2, 0.25) is 0 Å². The first-order chi connectivity index (χ1) is 14.0. The molecular weight excluding hydrogens is 406 g/mol. The largest absolute Gasteiger partial charge is 0.463 e. The molecule has 0 aliphatic carbocycles. The third kappa shape index (κ3) is 14.3. The summed E-state index contributed by atoms with van der Waals surface area (Å²) in [5.41, 5.74) is -0.147. The maximum Gasteiger partial charge on any atom is 0.330 e. The number of hydrogen-bond acceptors (Lipinski definition) is 5. The number of ether oxygens (including phenoxy) is 1. The van der Waals surface area contributed by atoms with Crippen LogP contribution in [0, 0.1) is 0 Å². The first-order valence-electron chi connectivity index (χ1n) is 9.45. The van der Waals surface area contributed by atoms with Crippen LogP contribution in [0.25, 0.3) is 6.08 Å². The van der Waals surface area contributed by atoms with Crippen LogP contribution < -0.4 is 5.32 Å². The molecule has 1 amide bonds. The molecule has 8 heteroatoms. The van der Waals surface area contributed by atoms with Crippen LogP contribution in [0.1, 0.15) is 38.7 Å². The summed E-state index contributed by atoms with van der Waals surface area (Å²) >= 11 is 0. The Morgan fingerprint density at radius 3 is 2.33 bits per heavy atom. The average molecular weight is 438 g/mol. The molecular formula is C22H31NO6S. The van der Waals surface area contributed by atoms with Crippen LogP contribution >= 0.6 is 0 Å². The fourth-order valence-electron chi connectivity index (χ4n) is 2.29. The number of rotatable bonds is 11. The number of benzene rings is 1. The zero-order valence-electron chi connectivity index (χ0n) is 17.5. The van der Waals surface area contributed by atoms with E-state index in [4.69, 9.17) is 4.55 Å². The van der Waals surface area contributed by atoms with Crippen LogP contribution in [-0.4, -0.2) is 42.7 Å². The topological polar surface area (TPSA) is 110 Å². The zero-order valence-corrected chi connectivity index (χ0v) is 18.4. The second-order valence-electron chi connectivity index (χ2n) is 6.72. The second kappa shape index (κ2) is 14.3. The molecule has 1 aromatic carbocycles. The quantitative estimate of drug-likeness (QED) is 0.237. The van der Waals surface area contributed by atoms with Gasteiger partial charge in [0.2, 0.25) is 5.91 Å².